The van der Waals surface area contributed by atoms with Crippen molar-refractivity contribution in [1.82, 2.24) is 10.2 Å². The van der Waals surface area contributed by atoms with Crippen molar-refractivity contribution in [1.29, 1.82) is 0 Å². The third-order valence-electron chi connectivity index (χ3n) is 3.88. The summed E-state index contributed by atoms with van der Waals surface area (Å²) in [6, 6.07) is 7.00. The second-order valence-electron chi connectivity index (χ2n) is 5.10. The van der Waals surface area contributed by atoms with Crippen molar-refractivity contribution in [2.45, 2.75) is 25.5 Å². The molecule has 98 valence electrons. The van der Waals surface area contributed by atoms with Gasteiger partial charge < -0.3 is 10.1 Å². The van der Waals surface area contributed by atoms with E-state index in [-0.39, 0.29) is 0 Å². The SMILES string of the molecule is CCN(CC1Cc2cc(Br)ccc2O1)C1CNC1. The Morgan fingerprint density at radius 1 is 1.44 bits per heavy atom. The van der Waals surface area contributed by atoms with Crippen LogP contribution >= 0.6 is 15.9 Å². The van der Waals surface area contributed by atoms with Crippen molar-refractivity contribution in [3.63, 3.8) is 0 Å². The van der Waals surface area contributed by atoms with Crippen molar-refractivity contribution in [2.24, 2.45) is 0 Å². The Labute approximate surface area is 117 Å². The third kappa shape index (κ3) is 2.42. The normalized spacial score (nSPS) is 22.7. The average Bonchev–Trinajstić information content (AvgIpc) is 2.67. The molecule has 0 amide bonds. The van der Waals surface area contributed by atoms with Crippen LogP contribution in [0.3, 0.4) is 0 Å². The van der Waals surface area contributed by atoms with Crippen LogP contribution in [0.25, 0.3) is 0 Å². The molecule has 3 nitrogen and oxygen atoms in total. The van der Waals surface area contributed by atoms with Gasteiger partial charge >= 0.3 is 0 Å². The van der Waals surface area contributed by atoms with E-state index in [0.717, 1.165) is 42.8 Å². The first-order valence-corrected chi connectivity index (χ1v) is 7.45. The van der Waals surface area contributed by atoms with Gasteiger partial charge in [-0.2, -0.15) is 0 Å². The lowest BCUT2D eigenvalue weighted by Crippen LogP contribution is -2.58. The maximum Gasteiger partial charge on any atom is 0.123 e. The highest BCUT2D eigenvalue weighted by Gasteiger charge is 2.29. The minimum Gasteiger partial charge on any atom is -0.488 e. The number of rotatable bonds is 4. The molecule has 1 aromatic rings. The van der Waals surface area contributed by atoms with Crippen LogP contribution in [0.4, 0.5) is 0 Å². The van der Waals surface area contributed by atoms with E-state index in [0.29, 0.717) is 12.1 Å². The first-order chi connectivity index (χ1) is 8.76. The van der Waals surface area contributed by atoms with Crippen LogP contribution in [0.2, 0.25) is 0 Å². The molecule has 1 unspecified atom stereocenters. The molecule has 1 N–H and O–H groups in total. The summed E-state index contributed by atoms with van der Waals surface area (Å²) in [5.41, 5.74) is 1.33. The van der Waals surface area contributed by atoms with Gasteiger partial charge in [-0.05, 0) is 30.3 Å². The van der Waals surface area contributed by atoms with Crippen LogP contribution in [0.15, 0.2) is 22.7 Å². The summed E-state index contributed by atoms with van der Waals surface area (Å²) in [5.74, 6) is 1.06. The Bertz CT molecular complexity index is 434. The molecule has 0 spiro atoms. The lowest BCUT2D eigenvalue weighted by molar-refractivity contribution is 0.0951. The van der Waals surface area contributed by atoms with Crippen molar-refractivity contribution in [3.8, 4) is 5.75 Å². The van der Waals surface area contributed by atoms with Gasteiger partial charge in [0.05, 0.1) is 0 Å². The number of likely N-dealkylation sites (N-methyl/N-ethyl adjacent to an activating group) is 1. The van der Waals surface area contributed by atoms with Crippen molar-refractivity contribution in [3.05, 3.63) is 28.2 Å². The number of nitrogens with one attached hydrogen (secondary N) is 1. The predicted molar refractivity (Wildman–Crippen MR) is 76.2 cm³/mol. The third-order valence-corrected chi connectivity index (χ3v) is 4.38. The van der Waals surface area contributed by atoms with Gasteiger partial charge in [0.1, 0.15) is 11.9 Å². The van der Waals surface area contributed by atoms with Gasteiger partial charge in [0.2, 0.25) is 0 Å². The molecular formula is C14H19BrN2O. The number of hydrogen-bond acceptors (Lipinski definition) is 3. The van der Waals surface area contributed by atoms with E-state index in [2.05, 4.69) is 51.3 Å². The predicted octanol–water partition coefficient (Wildman–Crippen LogP) is 2.05. The Hall–Kier alpha value is -0.580. The van der Waals surface area contributed by atoms with E-state index in [9.17, 15) is 0 Å². The van der Waals surface area contributed by atoms with Crippen LogP contribution in [-0.2, 0) is 6.42 Å². The van der Waals surface area contributed by atoms with Crippen molar-refractivity contribution in [2.75, 3.05) is 26.2 Å². The first-order valence-electron chi connectivity index (χ1n) is 6.66. The van der Waals surface area contributed by atoms with Crippen LogP contribution < -0.4 is 10.1 Å². The zero-order chi connectivity index (χ0) is 12.5. The fourth-order valence-electron chi connectivity index (χ4n) is 2.72. The Morgan fingerprint density at radius 3 is 2.94 bits per heavy atom. The van der Waals surface area contributed by atoms with Gasteiger partial charge in [-0.1, -0.05) is 22.9 Å². The molecule has 2 heterocycles. The van der Waals surface area contributed by atoms with Gasteiger partial charge in [0.15, 0.2) is 0 Å². The van der Waals surface area contributed by atoms with E-state index >= 15 is 0 Å². The summed E-state index contributed by atoms with van der Waals surface area (Å²) < 4.78 is 7.17. The molecule has 0 bridgehead atoms. The van der Waals surface area contributed by atoms with Gasteiger partial charge in [-0.25, -0.2) is 0 Å². The highest BCUT2D eigenvalue weighted by molar-refractivity contribution is 9.10. The molecular weight excluding hydrogens is 292 g/mol. The summed E-state index contributed by atoms with van der Waals surface area (Å²) in [6.45, 7) is 6.62. The van der Waals surface area contributed by atoms with Crippen molar-refractivity contribution >= 4 is 15.9 Å². The number of hydrogen-bond donors (Lipinski definition) is 1. The maximum atomic E-state index is 6.03. The monoisotopic (exact) mass is 310 g/mol. The quantitative estimate of drug-likeness (QED) is 0.921. The lowest BCUT2D eigenvalue weighted by Gasteiger charge is -2.38. The first kappa shape index (κ1) is 12.5. The fourth-order valence-corrected chi connectivity index (χ4v) is 3.13. The summed E-state index contributed by atoms with van der Waals surface area (Å²) in [7, 11) is 0. The Morgan fingerprint density at radius 2 is 2.28 bits per heavy atom. The van der Waals surface area contributed by atoms with E-state index in [1.807, 2.05) is 0 Å². The van der Waals surface area contributed by atoms with Gasteiger partial charge in [0, 0.05) is 36.6 Å². The van der Waals surface area contributed by atoms with E-state index < -0.39 is 0 Å². The van der Waals surface area contributed by atoms with Gasteiger partial charge in [-0.15, -0.1) is 0 Å². The zero-order valence-electron chi connectivity index (χ0n) is 10.7. The smallest absolute Gasteiger partial charge is 0.123 e. The second kappa shape index (κ2) is 5.19. The molecule has 0 aromatic heterocycles. The second-order valence-corrected chi connectivity index (χ2v) is 6.01. The lowest BCUT2D eigenvalue weighted by atomic mass is 10.1. The summed E-state index contributed by atoms with van der Waals surface area (Å²) in [4.78, 5) is 2.53. The summed E-state index contributed by atoms with van der Waals surface area (Å²) >= 11 is 3.52. The maximum absolute atomic E-state index is 6.03. The summed E-state index contributed by atoms with van der Waals surface area (Å²) in [6.07, 6.45) is 1.35. The fraction of sp³-hybridized carbons (Fsp3) is 0.571. The molecule has 0 saturated carbocycles. The molecule has 4 heteroatoms. The number of fused-ring (bicyclic) bond motifs is 1. The van der Waals surface area contributed by atoms with Gasteiger partial charge in [0.25, 0.3) is 0 Å². The van der Waals surface area contributed by atoms with E-state index in [1.54, 1.807) is 0 Å². The number of nitrogens with zero attached hydrogens (tertiary/aromatic N) is 1. The molecule has 2 aliphatic heterocycles. The van der Waals surface area contributed by atoms with E-state index in [4.69, 9.17) is 4.74 Å². The molecule has 1 atom stereocenters. The highest BCUT2D eigenvalue weighted by Crippen LogP contribution is 2.31. The molecule has 0 radical (unpaired) electrons. The highest BCUT2D eigenvalue weighted by atomic mass is 79.9. The van der Waals surface area contributed by atoms with E-state index in [1.165, 1.54) is 5.56 Å². The number of benzene rings is 1. The zero-order valence-corrected chi connectivity index (χ0v) is 12.2. The molecule has 2 aliphatic rings. The molecule has 0 aliphatic carbocycles. The van der Waals surface area contributed by atoms with Crippen LogP contribution in [0.5, 0.6) is 5.75 Å². The minimum atomic E-state index is 0.315. The summed E-state index contributed by atoms with van der Waals surface area (Å²) in [5, 5.41) is 3.34. The van der Waals surface area contributed by atoms with Crippen LogP contribution in [-0.4, -0.2) is 43.2 Å². The minimum absolute atomic E-state index is 0.315. The van der Waals surface area contributed by atoms with Crippen LogP contribution in [0.1, 0.15) is 12.5 Å². The topological polar surface area (TPSA) is 24.5 Å². The van der Waals surface area contributed by atoms with Crippen molar-refractivity contribution < 1.29 is 4.74 Å². The molecule has 1 aromatic carbocycles. The van der Waals surface area contributed by atoms with Gasteiger partial charge in [-0.3, -0.25) is 4.90 Å². The molecule has 1 fully saturated rings. The number of ether oxygens (including phenoxy) is 1. The molecule has 3 rings (SSSR count). The Kier molecular flexibility index (Phi) is 3.59. The average molecular weight is 311 g/mol. The largest absolute Gasteiger partial charge is 0.488 e. The Balaban J connectivity index is 1.62. The molecule has 18 heavy (non-hydrogen) atoms. The van der Waals surface area contributed by atoms with Crippen LogP contribution in [0, 0.1) is 0 Å². The standard InChI is InChI=1S/C14H19BrN2O/c1-2-17(12-7-16-8-12)9-13-6-10-5-11(15)3-4-14(10)18-13/h3-5,12-13,16H,2,6-9H2,1H3. The molecule has 1 saturated heterocycles. The number of halogens is 1.